The zero-order valence-corrected chi connectivity index (χ0v) is 12.5. The fraction of sp³-hybridized carbons (Fsp3) is 0.200. The molecule has 0 aliphatic heterocycles. The molecule has 2 nitrogen and oxygen atoms in total. The Morgan fingerprint density at radius 3 is 2.42 bits per heavy atom. The Morgan fingerprint density at radius 1 is 1.11 bits per heavy atom. The van der Waals surface area contributed by atoms with Gasteiger partial charge in [0.15, 0.2) is 0 Å². The second-order valence-electron chi connectivity index (χ2n) is 4.54. The maximum atomic E-state index is 12.8. The Labute approximate surface area is 121 Å². The largest absolute Gasteiger partial charge is 0.379 e. The van der Waals surface area contributed by atoms with Crippen LogP contribution in [0.1, 0.15) is 5.56 Å². The van der Waals surface area contributed by atoms with Gasteiger partial charge in [0.25, 0.3) is 0 Å². The molecule has 0 atom stereocenters. The van der Waals surface area contributed by atoms with E-state index in [1.54, 1.807) is 12.1 Å². The fourth-order valence-corrected chi connectivity index (χ4v) is 2.20. The van der Waals surface area contributed by atoms with E-state index in [2.05, 4.69) is 32.2 Å². The van der Waals surface area contributed by atoms with Gasteiger partial charge in [-0.15, -0.1) is 0 Å². The van der Waals surface area contributed by atoms with Crippen LogP contribution < -0.4 is 10.2 Å². The third-order valence-electron chi connectivity index (χ3n) is 2.84. The molecule has 0 fully saturated rings. The molecule has 0 saturated heterocycles. The van der Waals surface area contributed by atoms with E-state index in [4.69, 9.17) is 0 Å². The predicted molar refractivity (Wildman–Crippen MR) is 82.2 cm³/mol. The Hall–Kier alpha value is -1.55. The van der Waals surface area contributed by atoms with E-state index < -0.39 is 0 Å². The number of halogens is 2. The number of nitrogens with one attached hydrogen (secondary N) is 1. The molecule has 2 aromatic carbocycles. The normalized spacial score (nSPS) is 10.3. The van der Waals surface area contributed by atoms with Gasteiger partial charge < -0.3 is 10.2 Å². The first-order chi connectivity index (χ1) is 9.06. The number of nitrogens with zero attached hydrogens (tertiary/aromatic N) is 1. The molecule has 0 unspecified atom stereocenters. The van der Waals surface area contributed by atoms with Crippen LogP contribution >= 0.6 is 15.9 Å². The van der Waals surface area contributed by atoms with Crippen LogP contribution in [-0.2, 0) is 6.54 Å². The Bertz CT molecular complexity index is 553. The summed E-state index contributed by atoms with van der Waals surface area (Å²) in [5.74, 6) is -0.208. The molecule has 0 bridgehead atoms. The zero-order valence-electron chi connectivity index (χ0n) is 11.0. The van der Waals surface area contributed by atoms with Crippen LogP contribution in [0.4, 0.5) is 15.8 Å². The van der Waals surface area contributed by atoms with E-state index in [0.29, 0.717) is 6.54 Å². The highest BCUT2D eigenvalue weighted by molar-refractivity contribution is 9.10. The molecule has 0 heterocycles. The van der Waals surface area contributed by atoms with Gasteiger partial charge in [0.1, 0.15) is 5.82 Å². The first kappa shape index (κ1) is 13.9. The van der Waals surface area contributed by atoms with E-state index >= 15 is 0 Å². The minimum Gasteiger partial charge on any atom is -0.379 e. The lowest BCUT2D eigenvalue weighted by Gasteiger charge is -2.19. The lowest BCUT2D eigenvalue weighted by molar-refractivity contribution is 0.627. The van der Waals surface area contributed by atoms with Crippen molar-refractivity contribution in [1.82, 2.24) is 0 Å². The number of rotatable bonds is 4. The number of benzene rings is 2. The molecule has 0 aromatic heterocycles. The van der Waals surface area contributed by atoms with Crippen LogP contribution in [-0.4, -0.2) is 14.1 Å². The summed E-state index contributed by atoms with van der Waals surface area (Å²) in [6, 6.07) is 12.6. The SMILES string of the molecule is CN(C)c1ccc(Br)cc1NCc1ccc(F)cc1. The number of anilines is 2. The minimum absolute atomic E-state index is 0.208. The van der Waals surface area contributed by atoms with E-state index in [0.717, 1.165) is 21.4 Å². The van der Waals surface area contributed by atoms with E-state index in [1.807, 2.05) is 26.2 Å². The van der Waals surface area contributed by atoms with Crippen molar-refractivity contribution >= 4 is 27.3 Å². The molecule has 4 heteroatoms. The van der Waals surface area contributed by atoms with Crippen molar-refractivity contribution in [2.45, 2.75) is 6.54 Å². The quantitative estimate of drug-likeness (QED) is 0.904. The molecule has 0 amide bonds. The van der Waals surface area contributed by atoms with Gasteiger partial charge in [-0.3, -0.25) is 0 Å². The van der Waals surface area contributed by atoms with Gasteiger partial charge in [0.2, 0.25) is 0 Å². The Kier molecular flexibility index (Phi) is 4.43. The van der Waals surface area contributed by atoms with Crippen LogP contribution in [0.25, 0.3) is 0 Å². The van der Waals surface area contributed by atoms with Crippen molar-refractivity contribution in [3.8, 4) is 0 Å². The van der Waals surface area contributed by atoms with Crippen molar-refractivity contribution in [3.05, 3.63) is 58.3 Å². The van der Waals surface area contributed by atoms with Crippen molar-refractivity contribution in [1.29, 1.82) is 0 Å². The van der Waals surface area contributed by atoms with Gasteiger partial charge in [0, 0.05) is 25.1 Å². The predicted octanol–water partition coefficient (Wildman–Crippen LogP) is 4.27. The summed E-state index contributed by atoms with van der Waals surface area (Å²) < 4.78 is 13.9. The molecule has 2 rings (SSSR count). The molecule has 2 aromatic rings. The summed E-state index contributed by atoms with van der Waals surface area (Å²) in [5, 5.41) is 3.38. The molecule has 100 valence electrons. The molecule has 1 N–H and O–H groups in total. The van der Waals surface area contributed by atoms with Gasteiger partial charge >= 0.3 is 0 Å². The van der Waals surface area contributed by atoms with Crippen LogP contribution in [0, 0.1) is 5.82 Å². The second-order valence-corrected chi connectivity index (χ2v) is 5.45. The van der Waals surface area contributed by atoms with Crippen molar-refractivity contribution < 1.29 is 4.39 Å². The summed E-state index contributed by atoms with van der Waals surface area (Å²) in [6.45, 7) is 0.664. The van der Waals surface area contributed by atoms with Crippen molar-refractivity contribution in [2.24, 2.45) is 0 Å². The molecule has 0 radical (unpaired) electrons. The average Bonchev–Trinajstić information content (AvgIpc) is 2.38. The molecule has 0 saturated carbocycles. The van der Waals surface area contributed by atoms with Crippen molar-refractivity contribution in [2.75, 3.05) is 24.3 Å². The molecular formula is C15H16BrFN2. The van der Waals surface area contributed by atoms with Gasteiger partial charge in [-0.05, 0) is 35.9 Å². The van der Waals surface area contributed by atoms with Gasteiger partial charge in [-0.1, -0.05) is 28.1 Å². The smallest absolute Gasteiger partial charge is 0.123 e. The summed E-state index contributed by atoms with van der Waals surface area (Å²) in [5.41, 5.74) is 3.21. The highest BCUT2D eigenvalue weighted by Crippen LogP contribution is 2.28. The summed E-state index contributed by atoms with van der Waals surface area (Å²) in [6.07, 6.45) is 0. The zero-order chi connectivity index (χ0) is 13.8. The van der Waals surface area contributed by atoms with Gasteiger partial charge in [-0.25, -0.2) is 4.39 Å². The van der Waals surface area contributed by atoms with Crippen molar-refractivity contribution in [3.63, 3.8) is 0 Å². The number of hydrogen-bond acceptors (Lipinski definition) is 2. The second kappa shape index (κ2) is 6.06. The highest BCUT2D eigenvalue weighted by atomic mass is 79.9. The first-order valence-electron chi connectivity index (χ1n) is 6.01. The monoisotopic (exact) mass is 322 g/mol. The lowest BCUT2D eigenvalue weighted by atomic mass is 10.2. The molecule has 0 spiro atoms. The maximum absolute atomic E-state index is 12.8. The lowest BCUT2D eigenvalue weighted by Crippen LogP contribution is -2.12. The minimum atomic E-state index is -0.208. The van der Waals surface area contributed by atoms with Crippen LogP contribution in [0.3, 0.4) is 0 Å². The molecule has 0 aliphatic carbocycles. The van der Waals surface area contributed by atoms with Gasteiger partial charge in [-0.2, -0.15) is 0 Å². The highest BCUT2D eigenvalue weighted by Gasteiger charge is 2.05. The molecule has 0 aliphatic rings. The third-order valence-corrected chi connectivity index (χ3v) is 3.33. The Morgan fingerprint density at radius 2 is 1.79 bits per heavy atom. The van der Waals surface area contributed by atoms with Crippen LogP contribution in [0.5, 0.6) is 0 Å². The van der Waals surface area contributed by atoms with Gasteiger partial charge in [0.05, 0.1) is 11.4 Å². The number of hydrogen-bond donors (Lipinski definition) is 1. The fourth-order valence-electron chi connectivity index (χ4n) is 1.84. The molecular weight excluding hydrogens is 307 g/mol. The topological polar surface area (TPSA) is 15.3 Å². The standard InChI is InChI=1S/C15H16BrFN2/c1-19(2)15-8-5-12(16)9-14(15)18-10-11-3-6-13(17)7-4-11/h3-9,18H,10H2,1-2H3. The summed E-state index contributed by atoms with van der Waals surface area (Å²) in [4.78, 5) is 2.05. The first-order valence-corrected chi connectivity index (χ1v) is 6.81. The van der Waals surface area contributed by atoms with Crippen LogP contribution in [0.15, 0.2) is 46.9 Å². The molecule has 19 heavy (non-hydrogen) atoms. The van der Waals surface area contributed by atoms with Crippen LogP contribution in [0.2, 0.25) is 0 Å². The summed E-state index contributed by atoms with van der Waals surface area (Å²) in [7, 11) is 4.01. The maximum Gasteiger partial charge on any atom is 0.123 e. The van der Waals surface area contributed by atoms with E-state index in [-0.39, 0.29) is 5.82 Å². The van der Waals surface area contributed by atoms with E-state index in [9.17, 15) is 4.39 Å². The van der Waals surface area contributed by atoms with E-state index in [1.165, 1.54) is 12.1 Å². The summed E-state index contributed by atoms with van der Waals surface area (Å²) >= 11 is 3.47. The third kappa shape index (κ3) is 3.70. The average molecular weight is 323 g/mol. The Balaban J connectivity index is 2.14.